The van der Waals surface area contributed by atoms with Gasteiger partial charge in [-0.15, -0.1) is 0 Å². The Bertz CT molecular complexity index is 1860. The van der Waals surface area contributed by atoms with Crippen molar-refractivity contribution < 1.29 is 23.9 Å². The Kier molecular flexibility index (Phi) is 8.30. The molecule has 0 saturated carbocycles. The second kappa shape index (κ2) is 12.2. The summed E-state index contributed by atoms with van der Waals surface area (Å²) in [5.41, 5.74) is 1.96. The van der Waals surface area contributed by atoms with Crippen molar-refractivity contribution in [1.82, 2.24) is 4.57 Å². The summed E-state index contributed by atoms with van der Waals surface area (Å²) < 4.78 is 18.3. The first-order chi connectivity index (χ1) is 20.3. The van der Waals surface area contributed by atoms with Gasteiger partial charge >= 0.3 is 11.7 Å². The highest BCUT2D eigenvalue weighted by Gasteiger charge is 2.33. The minimum atomic E-state index is -0.749. The van der Waals surface area contributed by atoms with Crippen LogP contribution in [-0.4, -0.2) is 29.2 Å². The number of ether oxygens (including phenoxy) is 3. The highest BCUT2D eigenvalue weighted by atomic mass is 32.1. The molecule has 42 heavy (non-hydrogen) atoms. The van der Waals surface area contributed by atoms with E-state index in [0.717, 1.165) is 22.5 Å². The molecule has 1 aliphatic rings. The molecule has 0 aliphatic carbocycles. The van der Waals surface area contributed by atoms with Crippen molar-refractivity contribution in [3.63, 3.8) is 0 Å². The highest BCUT2D eigenvalue weighted by molar-refractivity contribution is 7.07. The van der Waals surface area contributed by atoms with E-state index < -0.39 is 22.5 Å². The van der Waals surface area contributed by atoms with E-state index in [-0.39, 0.29) is 40.5 Å². The molecule has 0 spiro atoms. The largest absolute Gasteiger partial charge is 0.493 e. The fourth-order valence-corrected chi connectivity index (χ4v) is 5.79. The number of esters is 1. The zero-order chi connectivity index (χ0) is 29.8. The van der Waals surface area contributed by atoms with Crippen LogP contribution < -0.4 is 24.4 Å². The number of aromatic nitrogens is 1. The van der Waals surface area contributed by atoms with Crippen molar-refractivity contribution in [2.75, 3.05) is 13.7 Å². The molecule has 11 heteroatoms. The molecule has 2 heterocycles. The Balaban J connectivity index is 1.62. The van der Waals surface area contributed by atoms with Gasteiger partial charge in [0.2, 0.25) is 5.75 Å². The second-order valence-corrected chi connectivity index (χ2v) is 10.3. The van der Waals surface area contributed by atoms with Crippen molar-refractivity contribution in [3.05, 3.63) is 131 Å². The van der Waals surface area contributed by atoms with Gasteiger partial charge in [-0.05, 0) is 42.7 Å². The maximum Gasteiger partial charge on any atom is 0.338 e. The van der Waals surface area contributed by atoms with Gasteiger partial charge in [0, 0.05) is 6.07 Å². The molecule has 0 amide bonds. The molecule has 1 aliphatic heterocycles. The number of hydrogen-bond acceptors (Lipinski definition) is 9. The van der Waals surface area contributed by atoms with Crippen LogP contribution in [0.15, 0.2) is 93.9 Å². The van der Waals surface area contributed by atoms with E-state index in [4.69, 9.17) is 14.2 Å². The molecule has 0 bridgehead atoms. The first kappa shape index (κ1) is 28.5. The van der Waals surface area contributed by atoms with Crippen LogP contribution in [0.25, 0.3) is 6.08 Å². The third-order valence-electron chi connectivity index (χ3n) is 6.63. The summed E-state index contributed by atoms with van der Waals surface area (Å²) in [5.74, 6) is -0.404. The lowest BCUT2D eigenvalue weighted by atomic mass is 9.96. The summed E-state index contributed by atoms with van der Waals surface area (Å²) in [7, 11) is 1.39. The van der Waals surface area contributed by atoms with Gasteiger partial charge < -0.3 is 14.2 Å². The van der Waals surface area contributed by atoms with Gasteiger partial charge in [0.25, 0.3) is 5.56 Å². The van der Waals surface area contributed by atoms with E-state index in [9.17, 15) is 19.7 Å². The Morgan fingerprint density at radius 2 is 1.81 bits per heavy atom. The van der Waals surface area contributed by atoms with Gasteiger partial charge in [-0.3, -0.25) is 19.5 Å². The van der Waals surface area contributed by atoms with Crippen LogP contribution in [0, 0.1) is 10.1 Å². The quantitative estimate of drug-likeness (QED) is 0.163. The number of benzene rings is 3. The van der Waals surface area contributed by atoms with Gasteiger partial charge in [0.15, 0.2) is 10.6 Å². The van der Waals surface area contributed by atoms with E-state index in [1.54, 1.807) is 26.0 Å². The summed E-state index contributed by atoms with van der Waals surface area (Å²) in [6, 6.07) is 20.6. The van der Waals surface area contributed by atoms with Crippen molar-refractivity contribution in [3.8, 4) is 11.5 Å². The van der Waals surface area contributed by atoms with E-state index >= 15 is 0 Å². The van der Waals surface area contributed by atoms with E-state index in [1.165, 1.54) is 17.7 Å². The Morgan fingerprint density at radius 1 is 1.12 bits per heavy atom. The van der Waals surface area contributed by atoms with Gasteiger partial charge in [-0.2, -0.15) is 0 Å². The molecule has 0 saturated heterocycles. The predicted molar refractivity (Wildman–Crippen MR) is 157 cm³/mol. The fraction of sp³-hybridized carbons (Fsp3) is 0.194. The SMILES string of the molecule is CCOC(=O)C1=C(C)N=c2s/c(=C/c3cc(OC)c(OCc4ccccc4)c([N+](=O)[O-])c3)c(=O)n2[C@@H]1c1ccccc1. The molecule has 0 fully saturated rings. The number of allylic oxidation sites excluding steroid dienone is 1. The molecule has 4 aromatic rings. The molecule has 1 aromatic heterocycles. The number of carbonyl (C=O) groups excluding carboxylic acids is 1. The number of nitrogens with zero attached hydrogens (tertiary/aromatic N) is 3. The lowest BCUT2D eigenvalue weighted by Gasteiger charge is -2.24. The Morgan fingerprint density at radius 3 is 2.45 bits per heavy atom. The van der Waals surface area contributed by atoms with Gasteiger partial charge in [-0.1, -0.05) is 72.0 Å². The minimum Gasteiger partial charge on any atom is -0.493 e. The first-order valence-corrected chi connectivity index (χ1v) is 13.9. The molecule has 0 N–H and O–H groups in total. The van der Waals surface area contributed by atoms with Gasteiger partial charge in [0.1, 0.15) is 6.61 Å². The number of hydrogen-bond donors (Lipinski definition) is 0. The molecular formula is C31H27N3O7S. The smallest absolute Gasteiger partial charge is 0.338 e. The lowest BCUT2D eigenvalue weighted by Crippen LogP contribution is -2.39. The number of nitro groups is 1. The molecule has 1 atom stereocenters. The summed E-state index contributed by atoms with van der Waals surface area (Å²) in [6.45, 7) is 3.71. The zero-order valence-corrected chi connectivity index (χ0v) is 23.9. The van der Waals surface area contributed by atoms with Crippen LogP contribution in [0.5, 0.6) is 11.5 Å². The predicted octanol–water partition coefficient (Wildman–Crippen LogP) is 4.29. The number of nitro benzene ring substituents is 1. The van der Waals surface area contributed by atoms with Crippen molar-refractivity contribution >= 4 is 29.1 Å². The summed E-state index contributed by atoms with van der Waals surface area (Å²) in [4.78, 5) is 43.3. The summed E-state index contributed by atoms with van der Waals surface area (Å²) in [5, 5.41) is 12.0. The number of fused-ring (bicyclic) bond motifs is 1. The number of methoxy groups -OCH3 is 1. The molecule has 3 aromatic carbocycles. The Labute approximate surface area is 244 Å². The van der Waals surface area contributed by atoms with Crippen LogP contribution >= 0.6 is 11.3 Å². The van der Waals surface area contributed by atoms with E-state index in [1.807, 2.05) is 60.7 Å². The van der Waals surface area contributed by atoms with E-state index in [2.05, 4.69) is 4.99 Å². The molecular weight excluding hydrogens is 558 g/mol. The molecule has 0 radical (unpaired) electrons. The first-order valence-electron chi connectivity index (χ1n) is 13.1. The van der Waals surface area contributed by atoms with Crippen LogP contribution in [0.1, 0.15) is 36.6 Å². The fourth-order valence-electron chi connectivity index (χ4n) is 4.75. The topological polar surface area (TPSA) is 122 Å². The molecule has 10 nitrogen and oxygen atoms in total. The lowest BCUT2D eigenvalue weighted by molar-refractivity contribution is -0.386. The second-order valence-electron chi connectivity index (χ2n) is 9.32. The number of carbonyl (C=O) groups is 1. The average molecular weight is 586 g/mol. The maximum atomic E-state index is 13.9. The van der Waals surface area contributed by atoms with Crippen LogP contribution in [-0.2, 0) is 16.1 Å². The average Bonchev–Trinajstić information content (AvgIpc) is 3.29. The molecule has 214 valence electrons. The highest BCUT2D eigenvalue weighted by Crippen LogP contribution is 2.39. The van der Waals surface area contributed by atoms with Crippen molar-refractivity contribution in [2.24, 2.45) is 4.99 Å². The third kappa shape index (κ3) is 5.59. The van der Waals surface area contributed by atoms with Crippen LogP contribution in [0.4, 0.5) is 5.69 Å². The zero-order valence-electron chi connectivity index (χ0n) is 23.1. The summed E-state index contributed by atoms with van der Waals surface area (Å²) in [6.07, 6.45) is 1.55. The van der Waals surface area contributed by atoms with Crippen LogP contribution in [0.2, 0.25) is 0 Å². The van der Waals surface area contributed by atoms with Crippen molar-refractivity contribution in [2.45, 2.75) is 26.5 Å². The maximum absolute atomic E-state index is 13.9. The minimum absolute atomic E-state index is 0.0104. The van der Waals surface area contributed by atoms with Gasteiger partial charge in [0.05, 0.1) is 40.5 Å². The normalized spacial score (nSPS) is 14.6. The number of thiazole rings is 1. The Hall–Kier alpha value is -5.03. The van der Waals surface area contributed by atoms with E-state index in [0.29, 0.717) is 16.1 Å². The van der Waals surface area contributed by atoms with Gasteiger partial charge in [-0.25, -0.2) is 9.79 Å². The monoisotopic (exact) mass is 585 g/mol. The van der Waals surface area contributed by atoms with Crippen LogP contribution in [0.3, 0.4) is 0 Å². The third-order valence-corrected chi connectivity index (χ3v) is 7.61. The molecule has 0 unspecified atom stereocenters. The standard InChI is InChI=1S/C31H27N3O7S/c1-4-40-30(36)26-19(2)32-31-33(27(26)22-13-9-6-10-14-22)29(35)25(42-31)17-21-15-23(34(37)38)28(24(16-21)39-3)41-18-20-11-7-5-8-12-20/h5-17,27H,4,18H2,1-3H3/b25-17+/t27-/m1/s1. The number of rotatable bonds is 9. The van der Waals surface area contributed by atoms with Crippen molar-refractivity contribution in [1.29, 1.82) is 0 Å². The summed E-state index contributed by atoms with van der Waals surface area (Å²) >= 11 is 1.13. The molecule has 5 rings (SSSR count).